The summed E-state index contributed by atoms with van der Waals surface area (Å²) in [5, 5.41) is 0.981. The second kappa shape index (κ2) is 8.59. The fourth-order valence-corrected chi connectivity index (χ4v) is 2.28. The molecule has 116 valence electrons. The molecular formula is C15H21NO4S. The maximum Gasteiger partial charge on any atom is 0.257 e. The summed E-state index contributed by atoms with van der Waals surface area (Å²) in [5.74, 6) is -0.193. The smallest absolute Gasteiger partial charge is 0.257 e. The molecule has 0 saturated heterocycles. The van der Waals surface area contributed by atoms with Gasteiger partial charge in [0.25, 0.3) is 10.0 Å². The van der Waals surface area contributed by atoms with Crippen LogP contribution in [0.1, 0.15) is 25.8 Å². The van der Waals surface area contributed by atoms with E-state index in [0.29, 0.717) is 12.5 Å². The van der Waals surface area contributed by atoms with E-state index in [-0.39, 0.29) is 13.0 Å². The summed E-state index contributed by atoms with van der Waals surface area (Å²) in [4.78, 5) is 11.5. The number of hydrogen-bond acceptors (Lipinski definition) is 4. The standard InChI is InChI=1S/C15H21NO4S/c1-13(2)12-20-10-8-15(17)16-21(18,19)11-9-14-6-4-3-5-7-14/h3-7,9,11,13H,8,10,12H2,1-2H3,(H,16,17)/b11-9+. The molecule has 0 aliphatic carbocycles. The predicted octanol–water partition coefficient (Wildman–Crippen LogP) is 2.17. The van der Waals surface area contributed by atoms with E-state index in [4.69, 9.17) is 4.74 Å². The molecule has 0 fully saturated rings. The molecule has 0 unspecified atom stereocenters. The highest BCUT2D eigenvalue weighted by atomic mass is 32.2. The molecule has 1 aromatic carbocycles. The van der Waals surface area contributed by atoms with Crippen molar-refractivity contribution in [2.45, 2.75) is 20.3 Å². The Balaban J connectivity index is 2.41. The average molecular weight is 311 g/mol. The summed E-state index contributed by atoms with van der Waals surface area (Å²) in [7, 11) is -3.77. The van der Waals surface area contributed by atoms with Gasteiger partial charge in [0.15, 0.2) is 0 Å². The Hall–Kier alpha value is -1.66. The maximum atomic E-state index is 11.7. The number of nitrogens with one attached hydrogen (secondary N) is 1. The third-order valence-electron chi connectivity index (χ3n) is 2.42. The molecule has 0 atom stereocenters. The van der Waals surface area contributed by atoms with Crippen LogP contribution in [-0.4, -0.2) is 27.5 Å². The quantitative estimate of drug-likeness (QED) is 0.747. The van der Waals surface area contributed by atoms with Crippen molar-refractivity contribution < 1.29 is 17.9 Å². The molecule has 5 nitrogen and oxygen atoms in total. The van der Waals surface area contributed by atoms with Gasteiger partial charge in [-0.2, -0.15) is 0 Å². The number of rotatable bonds is 8. The zero-order valence-corrected chi connectivity index (χ0v) is 13.1. The van der Waals surface area contributed by atoms with Gasteiger partial charge in [-0.25, -0.2) is 13.1 Å². The van der Waals surface area contributed by atoms with Crippen molar-refractivity contribution in [1.82, 2.24) is 4.72 Å². The molecule has 21 heavy (non-hydrogen) atoms. The second-order valence-electron chi connectivity index (χ2n) is 5.00. The third-order valence-corrected chi connectivity index (χ3v) is 3.43. The van der Waals surface area contributed by atoms with Crippen molar-refractivity contribution in [3.63, 3.8) is 0 Å². The van der Waals surface area contributed by atoms with Gasteiger partial charge in [-0.15, -0.1) is 0 Å². The van der Waals surface area contributed by atoms with Crippen LogP contribution in [0.2, 0.25) is 0 Å². The van der Waals surface area contributed by atoms with Gasteiger partial charge >= 0.3 is 0 Å². The van der Waals surface area contributed by atoms with E-state index in [1.165, 1.54) is 6.08 Å². The maximum absolute atomic E-state index is 11.7. The van der Waals surface area contributed by atoms with Crippen LogP contribution in [0.25, 0.3) is 6.08 Å². The molecule has 0 aliphatic rings. The Bertz CT molecular complexity index is 565. The number of carbonyl (C=O) groups is 1. The highest BCUT2D eigenvalue weighted by Gasteiger charge is 2.10. The Labute approximate surface area is 126 Å². The minimum absolute atomic E-state index is 0.0190. The minimum atomic E-state index is -3.77. The normalized spacial score (nSPS) is 12.0. The molecule has 0 radical (unpaired) electrons. The van der Waals surface area contributed by atoms with Crippen molar-refractivity contribution >= 4 is 22.0 Å². The summed E-state index contributed by atoms with van der Waals surface area (Å²) in [6.07, 6.45) is 1.45. The second-order valence-corrected chi connectivity index (χ2v) is 6.57. The van der Waals surface area contributed by atoms with Crippen LogP contribution in [0, 0.1) is 5.92 Å². The molecular weight excluding hydrogens is 290 g/mol. The van der Waals surface area contributed by atoms with E-state index in [0.717, 1.165) is 11.0 Å². The topological polar surface area (TPSA) is 72.5 Å². The first-order valence-electron chi connectivity index (χ1n) is 6.75. The molecule has 1 rings (SSSR count). The van der Waals surface area contributed by atoms with Gasteiger partial charge in [-0.3, -0.25) is 4.79 Å². The van der Waals surface area contributed by atoms with Crippen molar-refractivity contribution in [3.05, 3.63) is 41.3 Å². The zero-order valence-electron chi connectivity index (χ0n) is 12.3. The SMILES string of the molecule is CC(C)COCCC(=O)NS(=O)(=O)/C=C/c1ccccc1. The van der Waals surface area contributed by atoms with Gasteiger partial charge in [-0.1, -0.05) is 44.2 Å². The van der Waals surface area contributed by atoms with Crippen molar-refractivity contribution in [1.29, 1.82) is 0 Å². The van der Waals surface area contributed by atoms with Crippen LogP contribution >= 0.6 is 0 Å². The monoisotopic (exact) mass is 311 g/mol. The summed E-state index contributed by atoms with van der Waals surface area (Å²) < 4.78 is 30.6. The lowest BCUT2D eigenvalue weighted by atomic mass is 10.2. The van der Waals surface area contributed by atoms with Crippen LogP contribution in [0.15, 0.2) is 35.7 Å². The molecule has 1 aromatic rings. The van der Waals surface area contributed by atoms with Gasteiger partial charge in [0.2, 0.25) is 5.91 Å². The third kappa shape index (κ3) is 8.27. The fourth-order valence-electron chi connectivity index (χ4n) is 1.46. The Morgan fingerprint density at radius 2 is 1.95 bits per heavy atom. The average Bonchev–Trinajstić information content (AvgIpc) is 2.42. The first-order valence-corrected chi connectivity index (χ1v) is 8.30. The summed E-state index contributed by atoms with van der Waals surface area (Å²) in [5.41, 5.74) is 0.746. The van der Waals surface area contributed by atoms with Gasteiger partial charge < -0.3 is 4.74 Å². The summed E-state index contributed by atoms with van der Waals surface area (Å²) >= 11 is 0. The van der Waals surface area contributed by atoms with E-state index in [2.05, 4.69) is 0 Å². The van der Waals surface area contributed by atoms with Gasteiger partial charge in [-0.05, 0) is 17.6 Å². The van der Waals surface area contributed by atoms with Crippen LogP contribution < -0.4 is 4.72 Å². The molecule has 0 saturated carbocycles. The molecule has 0 bridgehead atoms. The molecule has 0 spiro atoms. The Morgan fingerprint density at radius 3 is 2.57 bits per heavy atom. The molecule has 1 amide bonds. The number of hydrogen-bond donors (Lipinski definition) is 1. The molecule has 1 N–H and O–H groups in total. The zero-order chi connectivity index (χ0) is 15.7. The van der Waals surface area contributed by atoms with Crippen LogP contribution in [0.5, 0.6) is 0 Å². The van der Waals surface area contributed by atoms with Crippen molar-refractivity contribution in [3.8, 4) is 0 Å². The van der Waals surface area contributed by atoms with E-state index in [1.807, 2.05) is 24.6 Å². The summed E-state index contributed by atoms with van der Waals surface area (Å²) in [6, 6.07) is 8.99. The lowest BCUT2D eigenvalue weighted by Gasteiger charge is -2.06. The number of sulfonamides is 1. The molecule has 0 aromatic heterocycles. The highest BCUT2D eigenvalue weighted by Crippen LogP contribution is 2.03. The fraction of sp³-hybridized carbons (Fsp3) is 0.400. The number of benzene rings is 1. The van der Waals surface area contributed by atoms with Crippen molar-refractivity contribution in [2.24, 2.45) is 5.92 Å². The first kappa shape index (κ1) is 17.4. The lowest BCUT2D eigenvalue weighted by molar-refractivity contribution is -0.120. The van der Waals surface area contributed by atoms with Gasteiger partial charge in [0, 0.05) is 6.61 Å². The lowest BCUT2D eigenvalue weighted by Crippen LogP contribution is -2.29. The molecule has 0 aliphatic heterocycles. The van der Waals surface area contributed by atoms with E-state index >= 15 is 0 Å². The van der Waals surface area contributed by atoms with Gasteiger partial charge in [0.1, 0.15) is 0 Å². The highest BCUT2D eigenvalue weighted by molar-refractivity contribution is 7.93. The molecule has 0 heterocycles. The number of ether oxygens (including phenoxy) is 1. The number of carbonyl (C=O) groups excluding carboxylic acids is 1. The Morgan fingerprint density at radius 1 is 1.29 bits per heavy atom. The summed E-state index contributed by atoms with van der Waals surface area (Å²) in [6.45, 7) is 4.76. The van der Waals surface area contributed by atoms with E-state index in [1.54, 1.807) is 24.3 Å². The van der Waals surface area contributed by atoms with Crippen molar-refractivity contribution in [2.75, 3.05) is 13.2 Å². The van der Waals surface area contributed by atoms with Gasteiger partial charge in [0.05, 0.1) is 18.4 Å². The van der Waals surface area contributed by atoms with Crippen LogP contribution in [-0.2, 0) is 19.6 Å². The minimum Gasteiger partial charge on any atom is -0.381 e. The number of amides is 1. The van der Waals surface area contributed by atoms with E-state index in [9.17, 15) is 13.2 Å². The molecule has 6 heteroatoms. The van der Waals surface area contributed by atoms with E-state index < -0.39 is 15.9 Å². The largest absolute Gasteiger partial charge is 0.381 e. The van der Waals surface area contributed by atoms with Crippen LogP contribution in [0.4, 0.5) is 0 Å². The predicted molar refractivity (Wildman–Crippen MR) is 82.8 cm³/mol. The Kier molecular flexibility index (Phi) is 7.11. The van der Waals surface area contributed by atoms with Crippen LogP contribution in [0.3, 0.4) is 0 Å². The first-order chi connectivity index (χ1) is 9.89.